The second-order valence-electron chi connectivity index (χ2n) is 5.48. The van der Waals surface area contributed by atoms with E-state index in [9.17, 15) is 4.79 Å². The van der Waals surface area contributed by atoms with Gasteiger partial charge in [-0.25, -0.2) is 4.79 Å². The number of aromatic nitrogens is 3. The van der Waals surface area contributed by atoms with E-state index in [4.69, 9.17) is 0 Å². The molecule has 21 heavy (non-hydrogen) atoms. The number of anilines is 1. The summed E-state index contributed by atoms with van der Waals surface area (Å²) in [7, 11) is 0. The Bertz CT molecular complexity index is 693. The first-order chi connectivity index (χ1) is 10.3. The molecule has 0 bridgehead atoms. The SMILES string of the molecule is O=C(NCc1nnc2n1CCC2)N1CCc2ccccc21. The van der Waals surface area contributed by atoms with Crippen LogP contribution in [-0.2, 0) is 25.9 Å². The van der Waals surface area contributed by atoms with Crippen LogP contribution in [0.3, 0.4) is 0 Å². The molecule has 0 aliphatic carbocycles. The number of rotatable bonds is 2. The molecule has 0 radical (unpaired) electrons. The van der Waals surface area contributed by atoms with Crippen molar-refractivity contribution < 1.29 is 4.79 Å². The van der Waals surface area contributed by atoms with Crippen LogP contribution in [0.15, 0.2) is 24.3 Å². The summed E-state index contributed by atoms with van der Waals surface area (Å²) in [6, 6.07) is 8.00. The van der Waals surface area contributed by atoms with Crippen molar-refractivity contribution >= 4 is 11.7 Å². The van der Waals surface area contributed by atoms with Gasteiger partial charge in [0.2, 0.25) is 0 Å². The van der Waals surface area contributed by atoms with E-state index >= 15 is 0 Å². The second kappa shape index (κ2) is 4.87. The molecule has 2 aliphatic heterocycles. The number of fused-ring (bicyclic) bond motifs is 2. The van der Waals surface area contributed by atoms with Crippen molar-refractivity contribution in [2.24, 2.45) is 0 Å². The van der Waals surface area contributed by atoms with Gasteiger partial charge in [0.05, 0.1) is 6.54 Å². The topological polar surface area (TPSA) is 63.1 Å². The van der Waals surface area contributed by atoms with Gasteiger partial charge in [0.15, 0.2) is 5.82 Å². The molecular weight excluding hydrogens is 266 g/mol. The summed E-state index contributed by atoms with van der Waals surface area (Å²) in [6.45, 7) is 2.13. The van der Waals surface area contributed by atoms with Gasteiger partial charge in [0, 0.05) is 25.2 Å². The van der Waals surface area contributed by atoms with Crippen LogP contribution in [0.1, 0.15) is 23.6 Å². The molecule has 6 heteroatoms. The predicted octanol–water partition coefficient (Wildman–Crippen LogP) is 1.50. The van der Waals surface area contributed by atoms with E-state index in [0.29, 0.717) is 6.54 Å². The van der Waals surface area contributed by atoms with Crippen molar-refractivity contribution in [1.29, 1.82) is 0 Å². The first-order valence-corrected chi connectivity index (χ1v) is 7.37. The minimum absolute atomic E-state index is 0.0599. The monoisotopic (exact) mass is 283 g/mol. The molecule has 3 heterocycles. The number of nitrogens with zero attached hydrogens (tertiary/aromatic N) is 4. The Hall–Kier alpha value is -2.37. The number of hydrogen-bond donors (Lipinski definition) is 1. The highest BCUT2D eigenvalue weighted by Crippen LogP contribution is 2.27. The average molecular weight is 283 g/mol. The Kier molecular flexibility index (Phi) is 2.87. The minimum atomic E-state index is -0.0599. The Balaban J connectivity index is 1.45. The maximum Gasteiger partial charge on any atom is 0.322 e. The van der Waals surface area contributed by atoms with Crippen LogP contribution in [-0.4, -0.2) is 27.3 Å². The molecule has 108 valence electrons. The lowest BCUT2D eigenvalue weighted by molar-refractivity contribution is 0.246. The third-order valence-electron chi connectivity index (χ3n) is 4.22. The summed E-state index contributed by atoms with van der Waals surface area (Å²) in [4.78, 5) is 14.2. The standard InChI is InChI=1S/C15H17N5O/c21-15(19-9-7-11-4-1-2-5-12(11)19)16-10-14-18-17-13-6-3-8-20(13)14/h1-2,4-5H,3,6-10H2,(H,16,21). The minimum Gasteiger partial charge on any atom is -0.330 e. The van der Waals surface area contributed by atoms with E-state index in [-0.39, 0.29) is 6.03 Å². The number of nitrogens with one attached hydrogen (secondary N) is 1. The van der Waals surface area contributed by atoms with Crippen LogP contribution in [0, 0.1) is 0 Å². The van der Waals surface area contributed by atoms with E-state index in [1.165, 1.54) is 5.56 Å². The van der Waals surface area contributed by atoms with Gasteiger partial charge in [-0.05, 0) is 24.5 Å². The molecule has 2 amide bonds. The lowest BCUT2D eigenvalue weighted by Crippen LogP contribution is -2.39. The van der Waals surface area contributed by atoms with E-state index in [0.717, 1.165) is 49.7 Å². The van der Waals surface area contributed by atoms with E-state index in [2.05, 4.69) is 26.1 Å². The van der Waals surface area contributed by atoms with Crippen molar-refractivity contribution in [3.8, 4) is 0 Å². The lowest BCUT2D eigenvalue weighted by Gasteiger charge is -2.17. The molecule has 0 spiro atoms. The quantitative estimate of drug-likeness (QED) is 0.908. The molecule has 0 atom stereocenters. The molecule has 0 saturated heterocycles. The zero-order chi connectivity index (χ0) is 14.2. The Morgan fingerprint density at radius 2 is 2.10 bits per heavy atom. The Labute approximate surface area is 122 Å². The average Bonchev–Trinajstić information content (AvgIpc) is 3.20. The van der Waals surface area contributed by atoms with Gasteiger partial charge in [-0.1, -0.05) is 18.2 Å². The van der Waals surface area contributed by atoms with Crippen molar-refractivity contribution in [3.63, 3.8) is 0 Å². The molecule has 1 aromatic carbocycles. The Morgan fingerprint density at radius 3 is 3.05 bits per heavy atom. The summed E-state index contributed by atoms with van der Waals surface area (Å²) >= 11 is 0. The smallest absolute Gasteiger partial charge is 0.322 e. The number of hydrogen-bond acceptors (Lipinski definition) is 3. The summed E-state index contributed by atoms with van der Waals surface area (Å²) in [6.07, 6.45) is 3.02. The van der Waals surface area contributed by atoms with Gasteiger partial charge in [0.25, 0.3) is 0 Å². The number of carbonyl (C=O) groups is 1. The molecule has 1 aromatic heterocycles. The molecule has 6 nitrogen and oxygen atoms in total. The van der Waals surface area contributed by atoms with E-state index < -0.39 is 0 Å². The molecule has 2 aromatic rings. The molecule has 2 aliphatic rings. The zero-order valence-corrected chi connectivity index (χ0v) is 11.7. The number of aryl methyl sites for hydroxylation is 1. The normalized spacial score (nSPS) is 15.9. The van der Waals surface area contributed by atoms with Crippen LogP contribution in [0.2, 0.25) is 0 Å². The first kappa shape index (κ1) is 12.4. The maximum absolute atomic E-state index is 12.4. The van der Waals surface area contributed by atoms with Crippen LogP contribution in [0.25, 0.3) is 0 Å². The fraction of sp³-hybridized carbons (Fsp3) is 0.400. The maximum atomic E-state index is 12.4. The van der Waals surface area contributed by atoms with E-state index in [1.807, 2.05) is 18.2 Å². The number of carbonyl (C=O) groups excluding carboxylic acids is 1. The number of benzene rings is 1. The molecule has 0 saturated carbocycles. The third kappa shape index (κ3) is 2.07. The Morgan fingerprint density at radius 1 is 1.19 bits per heavy atom. The van der Waals surface area contributed by atoms with Crippen molar-refractivity contribution in [3.05, 3.63) is 41.5 Å². The predicted molar refractivity (Wildman–Crippen MR) is 78.1 cm³/mol. The summed E-state index contributed by atoms with van der Waals surface area (Å²) < 4.78 is 2.11. The van der Waals surface area contributed by atoms with Gasteiger partial charge < -0.3 is 9.88 Å². The third-order valence-corrected chi connectivity index (χ3v) is 4.22. The summed E-state index contributed by atoms with van der Waals surface area (Å²) in [5.74, 6) is 1.88. The van der Waals surface area contributed by atoms with Gasteiger partial charge in [-0.15, -0.1) is 10.2 Å². The summed E-state index contributed by atoms with van der Waals surface area (Å²) in [5, 5.41) is 11.3. The molecule has 0 unspecified atom stereocenters. The van der Waals surface area contributed by atoms with Crippen LogP contribution >= 0.6 is 0 Å². The van der Waals surface area contributed by atoms with Crippen molar-refractivity contribution in [1.82, 2.24) is 20.1 Å². The van der Waals surface area contributed by atoms with Crippen molar-refractivity contribution in [2.45, 2.75) is 32.4 Å². The highest BCUT2D eigenvalue weighted by atomic mass is 16.2. The van der Waals surface area contributed by atoms with Gasteiger partial charge in [-0.3, -0.25) is 4.90 Å². The fourth-order valence-corrected chi connectivity index (χ4v) is 3.14. The van der Waals surface area contributed by atoms with E-state index in [1.54, 1.807) is 4.90 Å². The van der Waals surface area contributed by atoms with Crippen LogP contribution in [0.5, 0.6) is 0 Å². The number of urea groups is 1. The fourth-order valence-electron chi connectivity index (χ4n) is 3.14. The second-order valence-corrected chi connectivity index (χ2v) is 5.48. The molecule has 4 rings (SSSR count). The van der Waals surface area contributed by atoms with Crippen molar-refractivity contribution in [2.75, 3.05) is 11.4 Å². The summed E-state index contributed by atoms with van der Waals surface area (Å²) in [5.41, 5.74) is 2.25. The van der Waals surface area contributed by atoms with Crippen LogP contribution < -0.4 is 10.2 Å². The van der Waals surface area contributed by atoms with Gasteiger partial charge >= 0.3 is 6.03 Å². The largest absolute Gasteiger partial charge is 0.330 e. The zero-order valence-electron chi connectivity index (χ0n) is 11.7. The first-order valence-electron chi connectivity index (χ1n) is 7.37. The van der Waals surface area contributed by atoms with Gasteiger partial charge in [-0.2, -0.15) is 0 Å². The molecule has 0 fully saturated rings. The molecule has 1 N–H and O–H groups in total. The highest BCUT2D eigenvalue weighted by Gasteiger charge is 2.24. The van der Waals surface area contributed by atoms with Crippen LogP contribution in [0.4, 0.5) is 10.5 Å². The van der Waals surface area contributed by atoms with Gasteiger partial charge in [0.1, 0.15) is 5.82 Å². The number of para-hydroxylation sites is 1. The molecular formula is C15H17N5O. The lowest BCUT2D eigenvalue weighted by atomic mass is 10.2. The number of amides is 2. The highest BCUT2D eigenvalue weighted by molar-refractivity contribution is 5.94.